The van der Waals surface area contributed by atoms with Crippen molar-refractivity contribution in [3.05, 3.63) is 51.6 Å². The molecule has 0 unspecified atom stereocenters. The van der Waals surface area contributed by atoms with E-state index in [4.69, 9.17) is 11.6 Å². The second-order valence-corrected chi connectivity index (χ2v) is 9.63. The number of carbonyl (C=O) groups excluding carboxylic acids is 1. The molecular weight excluding hydrogens is 412 g/mol. The summed E-state index contributed by atoms with van der Waals surface area (Å²) in [6.45, 7) is 2.31. The summed E-state index contributed by atoms with van der Waals surface area (Å²) in [5, 5.41) is 11.2. The lowest BCUT2D eigenvalue weighted by Gasteiger charge is -2.17. The standard InChI is InChI=1S/C20H17ClN4OS2/c1-11-2-7-14-16(8-11)28-19-17(14)18-23-24-20(25(18)10-22-19)27-9-15(26)12-3-5-13(21)6-4-12/h3-6,10-11H,2,7-9H2,1H3/t11-/m0/s1. The highest BCUT2D eigenvalue weighted by atomic mass is 35.5. The number of carbonyl (C=O) groups is 1. The average Bonchev–Trinajstić information content (AvgIpc) is 3.26. The zero-order valence-electron chi connectivity index (χ0n) is 15.2. The third-order valence-electron chi connectivity index (χ3n) is 5.17. The molecule has 1 aliphatic rings. The molecule has 3 aromatic heterocycles. The lowest BCUT2D eigenvalue weighted by atomic mass is 9.89. The Labute approximate surface area is 175 Å². The van der Waals surface area contributed by atoms with E-state index in [0.717, 1.165) is 34.6 Å². The highest BCUT2D eigenvalue weighted by molar-refractivity contribution is 7.99. The van der Waals surface area contributed by atoms with Crippen molar-refractivity contribution in [3.8, 4) is 0 Å². The summed E-state index contributed by atoms with van der Waals surface area (Å²) in [4.78, 5) is 19.6. The second-order valence-electron chi connectivity index (χ2n) is 7.17. The van der Waals surface area contributed by atoms with Crippen LogP contribution in [0.4, 0.5) is 0 Å². The van der Waals surface area contributed by atoms with Crippen LogP contribution in [0.25, 0.3) is 15.9 Å². The lowest BCUT2D eigenvalue weighted by Crippen LogP contribution is -2.08. The average molecular weight is 429 g/mol. The molecule has 0 radical (unpaired) electrons. The molecule has 1 aromatic carbocycles. The van der Waals surface area contributed by atoms with Gasteiger partial charge in [0.15, 0.2) is 16.6 Å². The van der Waals surface area contributed by atoms with Gasteiger partial charge in [-0.25, -0.2) is 4.98 Å². The van der Waals surface area contributed by atoms with Gasteiger partial charge in [0.1, 0.15) is 11.2 Å². The van der Waals surface area contributed by atoms with Crippen molar-refractivity contribution < 1.29 is 4.79 Å². The molecule has 8 heteroatoms. The lowest BCUT2D eigenvalue weighted by molar-refractivity contribution is 0.102. The van der Waals surface area contributed by atoms with E-state index in [2.05, 4.69) is 22.1 Å². The van der Waals surface area contributed by atoms with Gasteiger partial charge in [0, 0.05) is 15.5 Å². The Kier molecular flexibility index (Phi) is 4.61. The molecule has 4 aromatic rings. The number of ketones is 1. The predicted octanol–water partition coefficient (Wildman–Crippen LogP) is 5.09. The molecule has 0 aliphatic heterocycles. The predicted molar refractivity (Wildman–Crippen MR) is 114 cm³/mol. The molecule has 0 fully saturated rings. The molecule has 5 rings (SSSR count). The van der Waals surface area contributed by atoms with Gasteiger partial charge in [0.2, 0.25) is 0 Å². The van der Waals surface area contributed by atoms with Gasteiger partial charge >= 0.3 is 0 Å². The SMILES string of the molecule is C[C@H]1CCc2c(sc3ncn4c(SCC(=O)c5ccc(Cl)cc5)nnc4c23)C1. The number of thioether (sulfide) groups is 1. The maximum absolute atomic E-state index is 12.4. The topological polar surface area (TPSA) is 60.2 Å². The summed E-state index contributed by atoms with van der Waals surface area (Å²) in [6, 6.07) is 6.95. The Morgan fingerprint density at radius 3 is 2.96 bits per heavy atom. The number of hydrogen-bond acceptors (Lipinski definition) is 6. The molecule has 0 N–H and O–H groups in total. The summed E-state index contributed by atoms with van der Waals surface area (Å²) in [5.41, 5.74) is 2.88. The number of hydrogen-bond donors (Lipinski definition) is 0. The van der Waals surface area contributed by atoms with E-state index in [1.165, 1.54) is 28.6 Å². The number of nitrogens with zero attached hydrogens (tertiary/aromatic N) is 4. The first kappa shape index (κ1) is 18.1. The number of aryl methyl sites for hydroxylation is 1. The van der Waals surface area contributed by atoms with Crippen LogP contribution in [0.15, 0.2) is 35.7 Å². The molecule has 1 atom stereocenters. The van der Waals surface area contributed by atoms with Gasteiger partial charge in [-0.3, -0.25) is 9.20 Å². The number of Topliss-reactive ketones (excluding diaryl/α,β-unsaturated/α-hetero) is 1. The molecule has 142 valence electrons. The number of aromatic nitrogens is 4. The summed E-state index contributed by atoms with van der Waals surface area (Å²) < 4.78 is 1.91. The van der Waals surface area contributed by atoms with E-state index < -0.39 is 0 Å². The van der Waals surface area contributed by atoms with Crippen LogP contribution in [0.1, 0.15) is 34.1 Å². The van der Waals surface area contributed by atoms with Crippen LogP contribution in [-0.4, -0.2) is 31.1 Å². The fourth-order valence-electron chi connectivity index (χ4n) is 3.67. The maximum atomic E-state index is 12.4. The summed E-state index contributed by atoms with van der Waals surface area (Å²) >= 11 is 9.06. The highest BCUT2D eigenvalue weighted by Gasteiger charge is 2.24. The smallest absolute Gasteiger partial charge is 0.197 e. The van der Waals surface area contributed by atoms with Gasteiger partial charge in [-0.2, -0.15) is 0 Å². The minimum absolute atomic E-state index is 0.0364. The molecule has 0 amide bonds. The molecule has 0 saturated carbocycles. The molecule has 0 spiro atoms. The monoisotopic (exact) mass is 428 g/mol. The van der Waals surface area contributed by atoms with Crippen molar-refractivity contribution in [2.45, 2.75) is 31.3 Å². The first-order valence-corrected chi connectivity index (χ1v) is 11.3. The van der Waals surface area contributed by atoms with E-state index in [0.29, 0.717) is 21.5 Å². The van der Waals surface area contributed by atoms with Crippen LogP contribution < -0.4 is 0 Å². The van der Waals surface area contributed by atoms with Crippen LogP contribution in [0, 0.1) is 5.92 Å². The molecule has 0 saturated heterocycles. The normalized spacial score (nSPS) is 16.6. The zero-order chi connectivity index (χ0) is 19.3. The van der Waals surface area contributed by atoms with E-state index in [9.17, 15) is 4.79 Å². The van der Waals surface area contributed by atoms with E-state index in [1.807, 2.05) is 4.40 Å². The summed E-state index contributed by atoms with van der Waals surface area (Å²) in [6.07, 6.45) is 5.17. The van der Waals surface area contributed by atoms with Gasteiger partial charge < -0.3 is 0 Å². The molecular formula is C20H17ClN4OS2. The van der Waals surface area contributed by atoms with Gasteiger partial charge in [-0.15, -0.1) is 21.5 Å². The van der Waals surface area contributed by atoms with Gasteiger partial charge in [-0.05, 0) is 55.0 Å². The third-order valence-corrected chi connectivity index (χ3v) is 7.53. The quantitative estimate of drug-likeness (QED) is 0.334. The second kappa shape index (κ2) is 7.13. The Bertz CT molecular complexity index is 1200. The maximum Gasteiger partial charge on any atom is 0.197 e. The number of rotatable bonds is 4. The Balaban J connectivity index is 1.45. The summed E-state index contributed by atoms with van der Waals surface area (Å²) in [5.74, 6) is 1.05. The molecule has 5 nitrogen and oxygen atoms in total. The number of fused-ring (bicyclic) bond motifs is 5. The van der Waals surface area contributed by atoms with Crippen molar-refractivity contribution >= 4 is 56.3 Å². The summed E-state index contributed by atoms with van der Waals surface area (Å²) in [7, 11) is 0. The van der Waals surface area contributed by atoms with Crippen LogP contribution in [-0.2, 0) is 12.8 Å². The number of thiophene rings is 1. The van der Waals surface area contributed by atoms with Gasteiger partial charge in [0.25, 0.3) is 0 Å². The largest absolute Gasteiger partial charge is 0.293 e. The molecule has 3 heterocycles. The van der Waals surface area contributed by atoms with E-state index >= 15 is 0 Å². The first-order chi connectivity index (χ1) is 13.6. The fourth-order valence-corrected chi connectivity index (χ4v) is 5.94. The first-order valence-electron chi connectivity index (χ1n) is 9.15. The molecule has 28 heavy (non-hydrogen) atoms. The highest BCUT2D eigenvalue weighted by Crippen LogP contribution is 2.39. The minimum atomic E-state index is 0.0364. The van der Waals surface area contributed by atoms with E-state index in [1.54, 1.807) is 41.9 Å². The number of benzene rings is 1. The van der Waals surface area contributed by atoms with Gasteiger partial charge in [-0.1, -0.05) is 30.3 Å². The van der Waals surface area contributed by atoms with Crippen LogP contribution in [0.2, 0.25) is 5.02 Å². The van der Waals surface area contributed by atoms with Crippen molar-refractivity contribution in [1.29, 1.82) is 0 Å². The fraction of sp³-hybridized carbons (Fsp3) is 0.300. The van der Waals surface area contributed by atoms with Crippen LogP contribution in [0.3, 0.4) is 0 Å². The van der Waals surface area contributed by atoms with Crippen molar-refractivity contribution in [2.75, 3.05) is 5.75 Å². The minimum Gasteiger partial charge on any atom is -0.293 e. The van der Waals surface area contributed by atoms with Crippen LogP contribution >= 0.6 is 34.7 Å². The van der Waals surface area contributed by atoms with Crippen molar-refractivity contribution in [2.24, 2.45) is 5.92 Å². The number of halogens is 1. The van der Waals surface area contributed by atoms with Crippen LogP contribution in [0.5, 0.6) is 0 Å². The Morgan fingerprint density at radius 1 is 1.32 bits per heavy atom. The Hall–Kier alpha value is -1.96. The zero-order valence-corrected chi connectivity index (χ0v) is 17.6. The molecule has 0 bridgehead atoms. The van der Waals surface area contributed by atoms with E-state index in [-0.39, 0.29) is 5.78 Å². The molecule has 1 aliphatic carbocycles. The van der Waals surface area contributed by atoms with Crippen molar-refractivity contribution in [1.82, 2.24) is 19.6 Å². The van der Waals surface area contributed by atoms with Crippen molar-refractivity contribution in [3.63, 3.8) is 0 Å². The van der Waals surface area contributed by atoms with Gasteiger partial charge in [0.05, 0.1) is 11.1 Å². The Morgan fingerprint density at radius 2 is 2.14 bits per heavy atom. The third kappa shape index (κ3) is 3.11.